The van der Waals surface area contributed by atoms with Crippen molar-refractivity contribution in [2.24, 2.45) is 5.92 Å². The Hall–Kier alpha value is -1.75. The van der Waals surface area contributed by atoms with Gasteiger partial charge in [-0.05, 0) is 24.1 Å². The van der Waals surface area contributed by atoms with E-state index >= 15 is 0 Å². The molecule has 2 atom stereocenters. The third-order valence-corrected chi connectivity index (χ3v) is 3.11. The van der Waals surface area contributed by atoms with E-state index in [4.69, 9.17) is 14.2 Å². The summed E-state index contributed by atoms with van der Waals surface area (Å²) in [5.74, 6) is 0.267. The van der Waals surface area contributed by atoms with E-state index in [9.17, 15) is 9.90 Å². The molecular weight excluding hydrogens is 236 g/mol. The molecule has 2 rings (SSSR count). The van der Waals surface area contributed by atoms with Crippen molar-refractivity contribution in [3.63, 3.8) is 0 Å². The fourth-order valence-electron chi connectivity index (χ4n) is 2.07. The standard InChI is InChI=1S/C13H16O5/c1-16-10-4-3-8(7-11(10)17-2)12(14)9-5-6-18-13(9)15/h3-4,7,9,12,14H,5-6H2,1-2H3/t9-,12+/m1/s1. The molecule has 0 unspecified atom stereocenters. The fourth-order valence-corrected chi connectivity index (χ4v) is 2.07. The summed E-state index contributed by atoms with van der Waals surface area (Å²) in [5.41, 5.74) is 0.622. The average Bonchev–Trinajstić information content (AvgIpc) is 2.83. The minimum atomic E-state index is -0.875. The zero-order valence-corrected chi connectivity index (χ0v) is 10.4. The lowest BCUT2D eigenvalue weighted by Gasteiger charge is -2.17. The van der Waals surface area contributed by atoms with Gasteiger partial charge in [0, 0.05) is 0 Å². The van der Waals surface area contributed by atoms with Crippen LogP contribution in [0.25, 0.3) is 0 Å². The van der Waals surface area contributed by atoms with Crippen LogP contribution in [0.5, 0.6) is 11.5 Å². The molecule has 1 aromatic rings. The predicted molar refractivity (Wildman–Crippen MR) is 63.6 cm³/mol. The average molecular weight is 252 g/mol. The van der Waals surface area contributed by atoms with E-state index in [0.29, 0.717) is 30.1 Å². The predicted octanol–water partition coefficient (Wildman–Crippen LogP) is 1.30. The molecule has 0 aliphatic carbocycles. The first kappa shape index (κ1) is 12.7. The monoisotopic (exact) mass is 252 g/mol. The van der Waals surface area contributed by atoms with Crippen molar-refractivity contribution in [3.8, 4) is 11.5 Å². The molecular formula is C13H16O5. The maximum atomic E-state index is 11.4. The Labute approximate surface area is 105 Å². The highest BCUT2D eigenvalue weighted by molar-refractivity contribution is 5.75. The van der Waals surface area contributed by atoms with Gasteiger partial charge >= 0.3 is 5.97 Å². The second-order valence-corrected chi connectivity index (χ2v) is 4.12. The Morgan fingerprint density at radius 3 is 2.61 bits per heavy atom. The second-order valence-electron chi connectivity index (χ2n) is 4.12. The number of cyclic esters (lactones) is 1. The summed E-state index contributed by atoms with van der Waals surface area (Å²) in [6, 6.07) is 5.10. The molecule has 1 heterocycles. The highest BCUT2D eigenvalue weighted by Crippen LogP contribution is 2.34. The van der Waals surface area contributed by atoms with E-state index < -0.39 is 12.0 Å². The summed E-state index contributed by atoms with van der Waals surface area (Å²) < 4.78 is 15.1. The lowest BCUT2D eigenvalue weighted by Crippen LogP contribution is -2.17. The van der Waals surface area contributed by atoms with Crippen molar-refractivity contribution < 1.29 is 24.1 Å². The fraction of sp³-hybridized carbons (Fsp3) is 0.462. The lowest BCUT2D eigenvalue weighted by molar-refractivity contribution is -0.144. The molecule has 1 aliphatic heterocycles. The molecule has 1 fully saturated rings. The van der Waals surface area contributed by atoms with Gasteiger partial charge in [0.2, 0.25) is 0 Å². The number of ether oxygens (including phenoxy) is 3. The van der Waals surface area contributed by atoms with Crippen molar-refractivity contribution in [3.05, 3.63) is 23.8 Å². The third-order valence-electron chi connectivity index (χ3n) is 3.11. The maximum Gasteiger partial charge on any atom is 0.312 e. The number of hydrogen-bond acceptors (Lipinski definition) is 5. The van der Waals surface area contributed by atoms with Crippen LogP contribution in [0.3, 0.4) is 0 Å². The molecule has 18 heavy (non-hydrogen) atoms. The molecule has 1 aliphatic rings. The van der Waals surface area contributed by atoms with Gasteiger partial charge < -0.3 is 19.3 Å². The van der Waals surface area contributed by atoms with Gasteiger partial charge in [-0.3, -0.25) is 4.79 Å². The molecule has 0 amide bonds. The summed E-state index contributed by atoms with van der Waals surface area (Å²) in [5, 5.41) is 10.2. The van der Waals surface area contributed by atoms with Crippen molar-refractivity contribution >= 4 is 5.97 Å². The molecule has 0 spiro atoms. The van der Waals surface area contributed by atoms with Crippen LogP contribution in [0, 0.1) is 5.92 Å². The van der Waals surface area contributed by atoms with Gasteiger partial charge in [0.15, 0.2) is 11.5 Å². The van der Waals surface area contributed by atoms with Gasteiger partial charge in [-0.25, -0.2) is 0 Å². The second kappa shape index (κ2) is 5.27. The summed E-state index contributed by atoms with van der Waals surface area (Å²) in [4.78, 5) is 11.4. The number of benzene rings is 1. The maximum absolute atomic E-state index is 11.4. The summed E-state index contributed by atoms with van der Waals surface area (Å²) >= 11 is 0. The van der Waals surface area contributed by atoms with Crippen LogP contribution in [0.15, 0.2) is 18.2 Å². The van der Waals surface area contributed by atoms with E-state index in [1.165, 1.54) is 7.11 Å². The van der Waals surface area contributed by atoms with E-state index in [1.54, 1.807) is 25.3 Å². The summed E-state index contributed by atoms with van der Waals surface area (Å²) in [7, 11) is 3.07. The molecule has 1 aromatic carbocycles. The van der Waals surface area contributed by atoms with Crippen LogP contribution in [-0.2, 0) is 9.53 Å². The number of rotatable bonds is 4. The van der Waals surface area contributed by atoms with Crippen molar-refractivity contribution in [1.29, 1.82) is 0 Å². The van der Waals surface area contributed by atoms with E-state index in [-0.39, 0.29) is 5.97 Å². The molecule has 5 nitrogen and oxygen atoms in total. The molecule has 5 heteroatoms. The minimum Gasteiger partial charge on any atom is -0.493 e. The number of methoxy groups -OCH3 is 2. The zero-order valence-electron chi connectivity index (χ0n) is 10.4. The Kier molecular flexibility index (Phi) is 3.72. The first-order chi connectivity index (χ1) is 8.67. The first-order valence-corrected chi connectivity index (χ1v) is 5.74. The number of aliphatic hydroxyl groups excluding tert-OH is 1. The van der Waals surface area contributed by atoms with Crippen LogP contribution < -0.4 is 9.47 Å². The zero-order chi connectivity index (χ0) is 13.1. The van der Waals surface area contributed by atoms with Crippen LogP contribution in [0.4, 0.5) is 0 Å². The quantitative estimate of drug-likeness (QED) is 0.818. The highest BCUT2D eigenvalue weighted by Gasteiger charge is 2.34. The van der Waals surface area contributed by atoms with Crippen molar-refractivity contribution in [2.75, 3.05) is 20.8 Å². The Bertz CT molecular complexity index is 443. The molecule has 0 radical (unpaired) electrons. The minimum absolute atomic E-state index is 0.350. The molecule has 98 valence electrons. The summed E-state index contributed by atoms with van der Waals surface area (Å²) in [6.45, 7) is 0.369. The highest BCUT2D eigenvalue weighted by atomic mass is 16.5. The van der Waals surface area contributed by atoms with E-state index in [2.05, 4.69) is 0 Å². The van der Waals surface area contributed by atoms with Gasteiger partial charge in [-0.2, -0.15) is 0 Å². The van der Waals surface area contributed by atoms with Gasteiger partial charge in [-0.15, -0.1) is 0 Å². The van der Waals surface area contributed by atoms with E-state index in [1.807, 2.05) is 0 Å². The topological polar surface area (TPSA) is 65.0 Å². The first-order valence-electron chi connectivity index (χ1n) is 5.74. The molecule has 1 saturated heterocycles. The molecule has 0 saturated carbocycles. The van der Waals surface area contributed by atoms with Crippen molar-refractivity contribution in [2.45, 2.75) is 12.5 Å². The molecule has 1 N–H and O–H groups in total. The Balaban J connectivity index is 2.25. The lowest BCUT2D eigenvalue weighted by atomic mass is 9.94. The van der Waals surface area contributed by atoms with Crippen LogP contribution >= 0.6 is 0 Å². The van der Waals surface area contributed by atoms with Gasteiger partial charge in [0.05, 0.1) is 32.8 Å². The Morgan fingerprint density at radius 1 is 1.33 bits per heavy atom. The largest absolute Gasteiger partial charge is 0.493 e. The molecule has 0 aromatic heterocycles. The Morgan fingerprint density at radius 2 is 2.06 bits per heavy atom. The van der Waals surface area contributed by atoms with Crippen LogP contribution in [0.1, 0.15) is 18.1 Å². The van der Waals surface area contributed by atoms with Gasteiger partial charge in [0.1, 0.15) is 0 Å². The van der Waals surface area contributed by atoms with Gasteiger partial charge in [0.25, 0.3) is 0 Å². The number of aliphatic hydroxyl groups is 1. The smallest absolute Gasteiger partial charge is 0.312 e. The number of carbonyl (C=O) groups excluding carboxylic acids is 1. The molecule has 0 bridgehead atoms. The normalized spacial score (nSPS) is 20.4. The summed E-state index contributed by atoms with van der Waals surface area (Å²) in [6.07, 6.45) is -0.339. The third kappa shape index (κ3) is 2.26. The number of esters is 1. The SMILES string of the molecule is COc1ccc([C@H](O)[C@H]2CCOC2=O)cc1OC. The van der Waals surface area contributed by atoms with Crippen LogP contribution in [-0.4, -0.2) is 31.9 Å². The number of carbonyl (C=O) groups is 1. The van der Waals surface area contributed by atoms with Crippen LogP contribution in [0.2, 0.25) is 0 Å². The van der Waals surface area contributed by atoms with Gasteiger partial charge in [-0.1, -0.05) is 6.07 Å². The number of hydrogen-bond donors (Lipinski definition) is 1. The van der Waals surface area contributed by atoms with Crippen molar-refractivity contribution in [1.82, 2.24) is 0 Å². The van der Waals surface area contributed by atoms with E-state index in [0.717, 1.165) is 0 Å².